The van der Waals surface area contributed by atoms with Crippen LogP contribution in [-0.2, 0) is 11.2 Å². The molecule has 2 rings (SSSR count). The van der Waals surface area contributed by atoms with Gasteiger partial charge in [0.25, 0.3) is 0 Å². The topological polar surface area (TPSA) is 29.1 Å². The maximum absolute atomic E-state index is 13.0. The van der Waals surface area contributed by atoms with Crippen LogP contribution in [0.25, 0.3) is 0 Å². The number of carbonyl (C=O) groups is 1. The van der Waals surface area contributed by atoms with Crippen molar-refractivity contribution in [3.05, 3.63) is 29.3 Å². The van der Waals surface area contributed by atoms with E-state index in [0.717, 1.165) is 12.1 Å². The van der Waals surface area contributed by atoms with Gasteiger partial charge in [-0.05, 0) is 18.1 Å². The SMILES string of the molecule is CC1(C)Cc2cc(F)c(F)cc2NC1=O. The van der Waals surface area contributed by atoms with Gasteiger partial charge in [-0.2, -0.15) is 0 Å². The molecule has 0 aliphatic carbocycles. The highest BCUT2D eigenvalue weighted by molar-refractivity contribution is 5.97. The third-order valence-corrected chi connectivity index (χ3v) is 2.64. The molecule has 1 amide bonds. The largest absolute Gasteiger partial charge is 0.325 e. The lowest BCUT2D eigenvalue weighted by Crippen LogP contribution is -2.37. The summed E-state index contributed by atoms with van der Waals surface area (Å²) in [7, 11) is 0. The summed E-state index contributed by atoms with van der Waals surface area (Å²) in [6.07, 6.45) is 0.422. The quantitative estimate of drug-likeness (QED) is 0.701. The Balaban J connectivity index is 2.51. The summed E-state index contributed by atoms with van der Waals surface area (Å²) in [5, 5.41) is 2.57. The van der Waals surface area contributed by atoms with Crippen LogP contribution < -0.4 is 5.32 Å². The molecule has 0 spiro atoms. The summed E-state index contributed by atoms with van der Waals surface area (Å²) in [6, 6.07) is 2.17. The van der Waals surface area contributed by atoms with Crippen molar-refractivity contribution < 1.29 is 13.6 Å². The molecule has 0 saturated carbocycles. The van der Waals surface area contributed by atoms with Gasteiger partial charge in [0.1, 0.15) is 0 Å². The fraction of sp³-hybridized carbons (Fsp3) is 0.364. The molecule has 0 fully saturated rings. The molecular formula is C11H11F2NO. The van der Waals surface area contributed by atoms with Gasteiger partial charge in [-0.1, -0.05) is 13.8 Å². The van der Waals surface area contributed by atoms with Crippen molar-refractivity contribution in [2.24, 2.45) is 5.41 Å². The van der Waals surface area contributed by atoms with E-state index in [9.17, 15) is 13.6 Å². The van der Waals surface area contributed by atoms with Crippen LogP contribution in [-0.4, -0.2) is 5.91 Å². The first kappa shape index (κ1) is 10.1. The lowest BCUT2D eigenvalue weighted by molar-refractivity contribution is -0.124. The van der Waals surface area contributed by atoms with E-state index < -0.39 is 17.0 Å². The van der Waals surface area contributed by atoms with Gasteiger partial charge in [0, 0.05) is 17.2 Å². The Morgan fingerprint density at radius 1 is 1.27 bits per heavy atom. The minimum atomic E-state index is -0.936. The summed E-state index contributed by atoms with van der Waals surface area (Å²) in [4.78, 5) is 11.5. The molecule has 1 heterocycles. The number of benzene rings is 1. The monoisotopic (exact) mass is 211 g/mol. The zero-order valence-electron chi connectivity index (χ0n) is 8.53. The van der Waals surface area contributed by atoms with Crippen LogP contribution in [0, 0.1) is 17.0 Å². The van der Waals surface area contributed by atoms with Gasteiger partial charge < -0.3 is 5.32 Å². The molecule has 1 aromatic rings. The molecule has 2 nitrogen and oxygen atoms in total. The van der Waals surface area contributed by atoms with E-state index in [0.29, 0.717) is 17.7 Å². The smallest absolute Gasteiger partial charge is 0.230 e. The Morgan fingerprint density at radius 3 is 2.53 bits per heavy atom. The second-order valence-corrected chi connectivity index (χ2v) is 4.44. The zero-order valence-corrected chi connectivity index (χ0v) is 8.53. The standard InChI is InChI=1S/C11H11F2NO/c1-11(2)5-6-3-7(12)8(13)4-9(6)14-10(11)15/h3-4H,5H2,1-2H3,(H,14,15). The fourth-order valence-electron chi connectivity index (χ4n) is 1.70. The second kappa shape index (κ2) is 3.02. The minimum Gasteiger partial charge on any atom is -0.325 e. The van der Waals surface area contributed by atoms with Gasteiger partial charge in [-0.15, -0.1) is 0 Å². The van der Waals surface area contributed by atoms with Crippen molar-refractivity contribution in [1.82, 2.24) is 0 Å². The molecule has 80 valence electrons. The Hall–Kier alpha value is -1.45. The lowest BCUT2D eigenvalue weighted by Gasteiger charge is -2.30. The first-order valence-electron chi connectivity index (χ1n) is 4.69. The Labute approximate surface area is 86.3 Å². The third kappa shape index (κ3) is 1.60. The predicted octanol–water partition coefficient (Wildman–Crippen LogP) is 2.49. The molecule has 1 N–H and O–H groups in total. The van der Waals surface area contributed by atoms with Crippen molar-refractivity contribution in [3.8, 4) is 0 Å². The zero-order chi connectivity index (χ0) is 11.2. The number of fused-ring (bicyclic) bond motifs is 1. The van der Waals surface area contributed by atoms with Crippen LogP contribution in [0.5, 0.6) is 0 Å². The maximum atomic E-state index is 13.0. The number of rotatable bonds is 0. The van der Waals surface area contributed by atoms with Crippen molar-refractivity contribution in [2.75, 3.05) is 5.32 Å². The van der Waals surface area contributed by atoms with Gasteiger partial charge in [-0.25, -0.2) is 8.78 Å². The molecule has 1 aromatic carbocycles. The first-order valence-corrected chi connectivity index (χ1v) is 4.69. The van der Waals surface area contributed by atoms with Crippen LogP contribution >= 0.6 is 0 Å². The van der Waals surface area contributed by atoms with E-state index in [1.807, 2.05) is 0 Å². The van der Waals surface area contributed by atoms with Crippen molar-refractivity contribution >= 4 is 11.6 Å². The van der Waals surface area contributed by atoms with Crippen LogP contribution in [0.15, 0.2) is 12.1 Å². The Bertz CT molecular complexity index is 440. The van der Waals surface area contributed by atoms with Crippen molar-refractivity contribution in [1.29, 1.82) is 0 Å². The highest BCUT2D eigenvalue weighted by Gasteiger charge is 2.34. The summed E-state index contributed by atoms with van der Waals surface area (Å²) >= 11 is 0. The number of halogens is 2. The predicted molar refractivity (Wildman–Crippen MR) is 52.5 cm³/mol. The van der Waals surface area contributed by atoms with E-state index in [1.165, 1.54) is 0 Å². The lowest BCUT2D eigenvalue weighted by atomic mass is 9.81. The van der Waals surface area contributed by atoms with Gasteiger partial charge in [-0.3, -0.25) is 4.79 Å². The van der Waals surface area contributed by atoms with Gasteiger partial charge in [0.15, 0.2) is 11.6 Å². The molecule has 0 radical (unpaired) electrons. The summed E-state index contributed by atoms with van der Waals surface area (Å²) in [5.74, 6) is -1.98. The minimum absolute atomic E-state index is 0.166. The van der Waals surface area contributed by atoms with Crippen LogP contribution in [0.3, 0.4) is 0 Å². The average molecular weight is 211 g/mol. The summed E-state index contributed by atoms with van der Waals surface area (Å²) < 4.78 is 25.9. The molecule has 4 heteroatoms. The number of nitrogens with one attached hydrogen (secondary N) is 1. The van der Waals surface area contributed by atoms with E-state index in [1.54, 1.807) is 13.8 Å². The highest BCUT2D eigenvalue weighted by Crippen LogP contribution is 2.34. The summed E-state index contributed by atoms with van der Waals surface area (Å²) in [6.45, 7) is 3.54. The number of hydrogen-bond acceptors (Lipinski definition) is 1. The van der Waals surface area contributed by atoms with Gasteiger partial charge in [0.05, 0.1) is 0 Å². The van der Waals surface area contributed by atoms with Crippen LogP contribution in [0.4, 0.5) is 14.5 Å². The highest BCUT2D eigenvalue weighted by atomic mass is 19.2. The second-order valence-electron chi connectivity index (χ2n) is 4.44. The molecule has 15 heavy (non-hydrogen) atoms. The van der Waals surface area contributed by atoms with E-state index in [4.69, 9.17) is 0 Å². The van der Waals surface area contributed by atoms with Gasteiger partial charge >= 0.3 is 0 Å². The number of amides is 1. The van der Waals surface area contributed by atoms with Crippen LogP contribution in [0.2, 0.25) is 0 Å². The molecule has 0 unspecified atom stereocenters. The number of anilines is 1. The normalized spacial score (nSPS) is 18.3. The van der Waals surface area contributed by atoms with Crippen LogP contribution in [0.1, 0.15) is 19.4 Å². The molecule has 0 aromatic heterocycles. The third-order valence-electron chi connectivity index (χ3n) is 2.64. The van der Waals surface area contributed by atoms with E-state index in [-0.39, 0.29) is 5.91 Å². The maximum Gasteiger partial charge on any atom is 0.230 e. The molecule has 0 saturated heterocycles. The fourth-order valence-corrected chi connectivity index (χ4v) is 1.70. The summed E-state index contributed by atoms with van der Waals surface area (Å²) in [5.41, 5.74) is 0.439. The first-order chi connectivity index (χ1) is 6.90. The molecular weight excluding hydrogens is 200 g/mol. The van der Waals surface area contributed by atoms with Crippen molar-refractivity contribution in [2.45, 2.75) is 20.3 Å². The van der Waals surface area contributed by atoms with E-state index >= 15 is 0 Å². The average Bonchev–Trinajstić information content (AvgIpc) is 2.11. The molecule has 1 aliphatic rings. The van der Waals surface area contributed by atoms with Gasteiger partial charge in [0.2, 0.25) is 5.91 Å². The number of carbonyl (C=O) groups excluding carboxylic acids is 1. The van der Waals surface area contributed by atoms with Crippen molar-refractivity contribution in [3.63, 3.8) is 0 Å². The Kier molecular flexibility index (Phi) is 2.03. The molecule has 1 aliphatic heterocycles. The molecule has 0 atom stereocenters. The molecule has 0 bridgehead atoms. The Morgan fingerprint density at radius 2 is 1.87 bits per heavy atom. The number of hydrogen-bond donors (Lipinski definition) is 1. The van der Waals surface area contributed by atoms with E-state index in [2.05, 4.69) is 5.32 Å².